The molecule has 1 heterocycles. The number of hydrogen-bond donors (Lipinski definition) is 0. The fourth-order valence-corrected chi connectivity index (χ4v) is 3.78. The van der Waals surface area contributed by atoms with Crippen molar-refractivity contribution >= 4 is 0 Å². The normalized spacial score (nSPS) is 17.2. The highest BCUT2D eigenvalue weighted by Gasteiger charge is 2.23. The van der Waals surface area contributed by atoms with Crippen LogP contribution in [0.4, 0.5) is 0 Å². The summed E-state index contributed by atoms with van der Waals surface area (Å²) in [5.74, 6) is 0. The Morgan fingerprint density at radius 2 is 0.958 bits per heavy atom. The lowest BCUT2D eigenvalue weighted by atomic mass is 10.1. The van der Waals surface area contributed by atoms with Crippen LogP contribution >= 0.6 is 0 Å². The molecular weight excluding hydrogens is 292 g/mol. The molecule has 0 N–H and O–H groups in total. The highest BCUT2D eigenvalue weighted by atomic mass is 15.4. The lowest BCUT2D eigenvalue weighted by molar-refractivity contribution is 0.144. The standard InChI is InChI=1S/C22H44N2/c1-4-7-9-10-11-12-13-14-15-16-17-19-24-21-20-23(18-8-5-2)22(24)6-3/h20-22H,4-19H2,1-3H3. The van der Waals surface area contributed by atoms with Crippen LogP contribution in [0.25, 0.3) is 0 Å². The maximum Gasteiger partial charge on any atom is 0.100 e. The van der Waals surface area contributed by atoms with Gasteiger partial charge in [0.1, 0.15) is 6.17 Å². The molecule has 2 heteroatoms. The third-order valence-corrected chi connectivity index (χ3v) is 5.37. The van der Waals surface area contributed by atoms with E-state index in [1.165, 1.54) is 103 Å². The summed E-state index contributed by atoms with van der Waals surface area (Å²) in [6.45, 7) is 9.37. The minimum Gasteiger partial charge on any atom is -0.356 e. The third kappa shape index (κ3) is 8.99. The molecule has 2 nitrogen and oxygen atoms in total. The van der Waals surface area contributed by atoms with E-state index in [-0.39, 0.29) is 0 Å². The summed E-state index contributed by atoms with van der Waals surface area (Å²) in [6, 6.07) is 0. The van der Waals surface area contributed by atoms with Gasteiger partial charge in [-0.1, -0.05) is 91.4 Å². The summed E-state index contributed by atoms with van der Waals surface area (Å²) in [6.07, 6.45) is 24.8. The molecule has 0 amide bonds. The molecule has 0 aliphatic carbocycles. The van der Waals surface area contributed by atoms with Crippen molar-refractivity contribution in [1.29, 1.82) is 0 Å². The summed E-state index contributed by atoms with van der Waals surface area (Å²) in [5.41, 5.74) is 0. The molecule has 0 fully saturated rings. The van der Waals surface area contributed by atoms with Gasteiger partial charge in [-0.3, -0.25) is 0 Å². The Bertz CT molecular complexity index is 300. The fraction of sp³-hybridized carbons (Fsp3) is 0.909. The van der Waals surface area contributed by atoms with Gasteiger partial charge in [0.15, 0.2) is 0 Å². The zero-order valence-electron chi connectivity index (χ0n) is 16.9. The van der Waals surface area contributed by atoms with Gasteiger partial charge in [-0.2, -0.15) is 0 Å². The number of nitrogens with zero attached hydrogens (tertiary/aromatic N) is 2. The van der Waals surface area contributed by atoms with Crippen molar-refractivity contribution in [3.63, 3.8) is 0 Å². The molecule has 1 rings (SSSR count). The molecule has 1 aliphatic heterocycles. The molecule has 1 unspecified atom stereocenters. The van der Waals surface area contributed by atoms with Crippen molar-refractivity contribution in [1.82, 2.24) is 9.80 Å². The summed E-state index contributed by atoms with van der Waals surface area (Å²) in [5, 5.41) is 0. The van der Waals surface area contributed by atoms with Crippen LogP contribution in [0.5, 0.6) is 0 Å². The van der Waals surface area contributed by atoms with E-state index >= 15 is 0 Å². The monoisotopic (exact) mass is 336 g/mol. The molecule has 0 spiro atoms. The van der Waals surface area contributed by atoms with E-state index in [2.05, 4.69) is 43.0 Å². The van der Waals surface area contributed by atoms with Crippen LogP contribution < -0.4 is 0 Å². The predicted octanol–water partition coefficient (Wildman–Crippen LogP) is 6.92. The molecule has 0 saturated carbocycles. The SMILES string of the molecule is CCCCCCCCCCCCCN1C=CN(CCCC)C1CC. The first-order chi connectivity index (χ1) is 11.8. The molecule has 0 aromatic rings. The van der Waals surface area contributed by atoms with E-state index in [9.17, 15) is 0 Å². The smallest absolute Gasteiger partial charge is 0.100 e. The van der Waals surface area contributed by atoms with Crippen molar-refractivity contribution in [2.75, 3.05) is 13.1 Å². The van der Waals surface area contributed by atoms with Crippen LogP contribution in [0.2, 0.25) is 0 Å². The second-order valence-electron chi connectivity index (χ2n) is 7.55. The van der Waals surface area contributed by atoms with Gasteiger partial charge in [0.05, 0.1) is 0 Å². The summed E-state index contributed by atoms with van der Waals surface area (Å²) >= 11 is 0. The molecule has 142 valence electrons. The van der Waals surface area contributed by atoms with Crippen LogP contribution in [-0.2, 0) is 0 Å². The quantitative estimate of drug-likeness (QED) is 0.282. The van der Waals surface area contributed by atoms with Gasteiger partial charge in [0.25, 0.3) is 0 Å². The van der Waals surface area contributed by atoms with Crippen LogP contribution in [0.15, 0.2) is 12.4 Å². The molecule has 1 aliphatic rings. The molecule has 0 bridgehead atoms. The van der Waals surface area contributed by atoms with Gasteiger partial charge in [0.2, 0.25) is 0 Å². The average molecular weight is 337 g/mol. The Morgan fingerprint density at radius 1 is 0.542 bits per heavy atom. The number of hydrogen-bond acceptors (Lipinski definition) is 2. The van der Waals surface area contributed by atoms with E-state index in [1.54, 1.807) is 0 Å². The molecular formula is C22H44N2. The van der Waals surface area contributed by atoms with Crippen molar-refractivity contribution in [3.8, 4) is 0 Å². The lowest BCUT2D eigenvalue weighted by Crippen LogP contribution is -2.38. The Hall–Kier alpha value is -0.660. The van der Waals surface area contributed by atoms with Gasteiger partial charge in [-0.25, -0.2) is 0 Å². The van der Waals surface area contributed by atoms with Crippen molar-refractivity contribution in [2.45, 2.75) is 117 Å². The van der Waals surface area contributed by atoms with Gasteiger partial charge in [-0.15, -0.1) is 0 Å². The van der Waals surface area contributed by atoms with Gasteiger partial charge >= 0.3 is 0 Å². The lowest BCUT2D eigenvalue weighted by Gasteiger charge is -2.32. The van der Waals surface area contributed by atoms with Gasteiger partial charge < -0.3 is 9.80 Å². The summed E-state index contributed by atoms with van der Waals surface area (Å²) in [4.78, 5) is 5.12. The molecule has 0 aromatic heterocycles. The minimum atomic E-state index is 0.625. The van der Waals surface area contributed by atoms with Crippen molar-refractivity contribution in [2.24, 2.45) is 0 Å². The van der Waals surface area contributed by atoms with Crippen LogP contribution in [0, 0.1) is 0 Å². The zero-order valence-corrected chi connectivity index (χ0v) is 16.9. The van der Waals surface area contributed by atoms with Gasteiger partial charge in [0, 0.05) is 25.5 Å². The maximum atomic E-state index is 2.57. The minimum absolute atomic E-state index is 0.625. The Morgan fingerprint density at radius 3 is 1.42 bits per heavy atom. The molecule has 1 atom stereocenters. The maximum absolute atomic E-state index is 2.57. The Kier molecular flexibility index (Phi) is 13.1. The number of unbranched alkanes of at least 4 members (excludes halogenated alkanes) is 11. The second-order valence-corrected chi connectivity index (χ2v) is 7.55. The highest BCUT2D eigenvalue weighted by molar-refractivity contribution is 4.96. The topological polar surface area (TPSA) is 6.48 Å². The fourth-order valence-electron chi connectivity index (χ4n) is 3.78. The largest absolute Gasteiger partial charge is 0.356 e. The van der Waals surface area contributed by atoms with E-state index in [0.717, 1.165) is 0 Å². The van der Waals surface area contributed by atoms with Gasteiger partial charge in [-0.05, 0) is 19.3 Å². The van der Waals surface area contributed by atoms with Crippen molar-refractivity contribution < 1.29 is 0 Å². The predicted molar refractivity (Wildman–Crippen MR) is 108 cm³/mol. The summed E-state index contributed by atoms with van der Waals surface area (Å²) < 4.78 is 0. The second kappa shape index (κ2) is 14.7. The Balaban J connectivity index is 1.96. The Labute approximate surface area is 152 Å². The highest BCUT2D eigenvalue weighted by Crippen LogP contribution is 2.20. The first-order valence-electron chi connectivity index (χ1n) is 11.0. The van der Waals surface area contributed by atoms with Crippen molar-refractivity contribution in [3.05, 3.63) is 12.4 Å². The van der Waals surface area contributed by atoms with Crippen LogP contribution in [0.3, 0.4) is 0 Å². The third-order valence-electron chi connectivity index (χ3n) is 5.37. The van der Waals surface area contributed by atoms with Crippen LogP contribution in [0.1, 0.15) is 111 Å². The number of rotatable bonds is 16. The molecule has 0 saturated heterocycles. The molecule has 24 heavy (non-hydrogen) atoms. The van der Waals surface area contributed by atoms with E-state index in [1.807, 2.05) is 0 Å². The molecule has 0 radical (unpaired) electrons. The zero-order chi connectivity index (χ0) is 17.5. The van der Waals surface area contributed by atoms with E-state index < -0.39 is 0 Å². The first kappa shape index (κ1) is 21.4. The van der Waals surface area contributed by atoms with Crippen LogP contribution in [-0.4, -0.2) is 29.1 Å². The molecule has 0 aromatic carbocycles. The first-order valence-corrected chi connectivity index (χ1v) is 11.0. The van der Waals surface area contributed by atoms with E-state index in [0.29, 0.717) is 6.17 Å². The summed E-state index contributed by atoms with van der Waals surface area (Å²) in [7, 11) is 0. The van der Waals surface area contributed by atoms with E-state index in [4.69, 9.17) is 0 Å². The average Bonchev–Trinajstić information content (AvgIpc) is 2.99.